The van der Waals surface area contributed by atoms with Gasteiger partial charge < -0.3 is 9.84 Å². The largest absolute Gasteiger partial charge is 0.469 e. The Bertz CT molecular complexity index is 188. The standard InChI is InChI=1S/C9H16O3/c1-6(10)7-4-5-9(7,2)8(11)12-3/h6-7,10H,4-5H2,1-3H3/t6?,7-,9+/m1/s1. The van der Waals surface area contributed by atoms with Gasteiger partial charge in [0.05, 0.1) is 18.6 Å². The first-order valence-corrected chi connectivity index (χ1v) is 4.29. The average molecular weight is 172 g/mol. The van der Waals surface area contributed by atoms with E-state index in [1.165, 1.54) is 7.11 Å². The predicted molar refractivity (Wildman–Crippen MR) is 44.5 cm³/mol. The molecule has 0 aromatic heterocycles. The molecule has 1 fully saturated rings. The summed E-state index contributed by atoms with van der Waals surface area (Å²) in [4.78, 5) is 11.3. The van der Waals surface area contributed by atoms with E-state index in [0.29, 0.717) is 0 Å². The van der Waals surface area contributed by atoms with Gasteiger partial charge in [0.25, 0.3) is 0 Å². The lowest BCUT2D eigenvalue weighted by atomic mass is 9.59. The van der Waals surface area contributed by atoms with Crippen molar-refractivity contribution in [1.29, 1.82) is 0 Å². The summed E-state index contributed by atoms with van der Waals surface area (Å²) in [7, 11) is 1.39. The number of aliphatic hydroxyl groups is 1. The highest BCUT2D eigenvalue weighted by atomic mass is 16.5. The van der Waals surface area contributed by atoms with Crippen molar-refractivity contribution in [1.82, 2.24) is 0 Å². The van der Waals surface area contributed by atoms with E-state index in [1.807, 2.05) is 6.92 Å². The highest BCUT2D eigenvalue weighted by molar-refractivity contribution is 5.77. The number of aliphatic hydroxyl groups excluding tert-OH is 1. The molecule has 3 atom stereocenters. The molecule has 0 aromatic carbocycles. The molecule has 1 aliphatic rings. The van der Waals surface area contributed by atoms with Crippen LogP contribution in [-0.2, 0) is 9.53 Å². The molecule has 0 bridgehead atoms. The number of hydrogen-bond donors (Lipinski definition) is 1. The minimum atomic E-state index is -0.442. The van der Waals surface area contributed by atoms with E-state index in [1.54, 1.807) is 6.92 Å². The van der Waals surface area contributed by atoms with Crippen LogP contribution in [0.1, 0.15) is 26.7 Å². The lowest BCUT2D eigenvalue weighted by Gasteiger charge is -2.45. The highest BCUT2D eigenvalue weighted by Gasteiger charge is 2.51. The zero-order chi connectivity index (χ0) is 9.35. The van der Waals surface area contributed by atoms with Gasteiger partial charge in [-0.15, -0.1) is 0 Å². The van der Waals surface area contributed by atoms with E-state index < -0.39 is 11.5 Å². The van der Waals surface area contributed by atoms with Crippen LogP contribution in [0.3, 0.4) is 0 Å². The van der Waals surface area contributed by atoms with Gasteiger partial charge in [0, 0.05) is 5.92 Å². The molecule has 0 spiro atoms. The van der Waals surface area contributed by atoms with E-state index >= 15 is 0 Å². The monoisotopic (exact) mass is 172 g/mol. The zero-order valence-electron chi connectivity index (χ0n) is 7.83. The topological polar surface area (TPSA) is 46.5 Å². The summed E-state index contributed by atoms with van der Waals surface area (Å²) in [6, 6.07) is 0. The summed E-state index contributed by atoms with van der Waals surface area (Å²) >= 11 is 0. The van der Waals surface area contributed by atoms with Gasteiger partial charge in [-0.3, -0.25) is 4.79 Å². The lowest BCUT2D eigenvalue weighted by Crippen LogP contribution is -2.49. The van der Waals surface area contributed by atoms with E-state index in [9.17, 15) is 9.90 Å². The molecule has 0 radical (unpaired) electrons. The Morgan fingerprint density at radius 2 is 2.33 bits per heavy atom. The van der Waals surface area contributed by atoms with E-state index in [-0.39, 0.29) is 11.9 Å². The van der Waals surface area contributed by atoms with Crippen LogP contribution in [0.4, 0.5) is 0 Å². The Hall–Kier alpha value is -0.570. The van der Waals surface area contributed by atoms with E-state index in [2.05, 4.69) is 4.74 Å². The highest BCUT2D eigenvalue weighted by Crippen LogP contribution is 2.48. The van der Waals surface area contributed by atoms with Crippen molar-refractivity contribution in [3.05, 3.63) is 0 Å². The fourth-order valence-electron chi connectivity index (χ4n) is 2.00. The Labute approximate surface area is 72.7 Å². The van der Waals surface area contributed by atoms with Crippen LogP contribution in [0.15, 0.2) is 0 Å². The quantitative estimate of drug-likeness (QED) is 0.631. The first kappa shape index (κ1) is 9.52. The van der Waals surface area contributed by atoms with Gasteiger partial charge in [-0.25, -0.2) is 0 Å². The number of carbonyl (C=O) groups is 1. The second-order valence-electron chi connectivity index (χ2n) is 3.79. The van der Waals surface area contributed by atoms with E-state index in [4.69, 9.17) is 0 Å². The van der Waals surface area contributed by atoms with Crippen molar-refractivity contribution in [2.45, 2.75) is 32.8 Å². The Balaban J connectivity index is 2.66. The van der Waals surface area contributed by atoms with E-state index in [0.717, 1.165) is 12.8 Å². The van der Waals surface area contributed by atoms with Crippen molar-refractivity contribution in [3.63, 3.8) is 0 Å². The molecule has 0 aliphatic heterocycles. The maximum atomic E-state index is 11.3. The molecule has 12 heavy (non-hydrogen) atoms. The van der Waals surface area contributed by atoms with Gasteiger partial charge in [0.15, 0.2) is 0 Å². The molecule has 1 N–H and O–H groups in total. The fraction of sp³-hybridized carbons (Fsp3) is 0.889. The second kappa shape index (κ2) is 3.05. The third kappa shape index (κ3) is 1.22. The summed E-state index contributed by atoms with van der Waals surface area (Å²) in [6.45, 7) is 3.59. The van der Waals surface area contributed by atoms with Gasteiger partial charge in [0.1, 0.15) is 0 Å². The van der Waals surface area contributed by atoms with Gasteiger partial charge in [-0.05, 0) is 26.7 Å². The van der Waals surface area contributed by atoms with Crippen molar-refractivity contribution >= 4 is 5.97 Å². The minimum Gasteiger partial charge on any atom is -0.469 e. The third-order valence-corrected chi connectivity index (χ3v) is 3.03. The van der Waals surface area contributed by atoms with Gasteiger partial charge >= 0.3 is 5.97 Å². The Morgan fingerprint density at radius 1 is 1.75 bits per heavy atom. The molecule has 0 aromatic rings. The first-order valence-electron chi connectivity index (χ1n) is 4.29. The van der Waals surface area contributed by atoms with Crippen molar-refractivity contribution < 1.29 is 14.6 Å². The summed E-state index contributed by atoms with van der Waals surface area (Å²) < 4.78 is 4.69. The molecule has 3 heteroatoms. The number of methoxy groups -OCH3 is 1. The minimum absolute atomic E-state index is 0.0740. The van der Waals surface area contributed by atoms with Crippen LogP contribution in [0, 0.1) is 11.3 Å². The number of rotatable bonds is 2. The molecular weight excluding hydrogens is 156 g/mol. The van der Waals surface area contributed by atoms with Crippen LogP contribution >= 0.6 is 0 Å². The third-order valence-electron chi connectivity index (χ3n) is 3.03. The average Bonchev–Trinajstić information content (AvgIpc) is 1.98. The molecule has 70 valence electrons. The van der Waals surface area contributed by atoms with Crippen LogP contribution in [0.25, 0.3) is 0 Å². The molecule has 1 aliphatic carbocycles. The van der Waals surface area contributed by atoms with Crippen LogP contribution in [0.2, 0.25) is 0 Å². The fourth-order valence-corrected chi connectivity index (χ4v) is 2.00. The molecule has 1 unspecified atom stereocenters. The molecular formula is C9H16O3. The molecule has 0 amide bonds. The summed E-state index contributed by atoms with van der Waals surface area (Å²) in [6.07, 6.45) is 1.33. The molecule has 3 nitrogen and oxygen atoms in total. The van der Waals surface area contributed by atoms with Gasteiger partial charge in [-0.2, -0.15) is 0 Å². The number of hydrogen-bond acceptors (Lipinski definition) is 3. The Kier molecular flexibility index (Phi) is 2.42. The molecule has 1 rings (SSSR count). The predicted octanol–water partition coefficient (Wildman–Crippen LogP) is 0.956. The second-order valence-corrected chi connectivity index (χ2v) is 3.79. The maximum absolute atomic E-state index is 11.3. The van der Waals surface area contributed by atoms with Crippen LogP contribution in [-0.4, -0.2) is 24.3 Å². The molecule has 0 saturated heterocycles. The van der Waals surface area contributed by atoms with Gasteiger partial charge in [0.2, 0.25) is 0 Å². The van der Waals surface area contributed by atoms with Crippen molar-refractivity contribution in [3.8, 4) is 0 Å². The maximum Gasteiger partial charge on any atom is 0.311 e. The number of carbonyl (C=O) groups excluding carboxylic acids is 1. The summed E-state index contributed by atoms with van der Waals surface area (Å²) in [5.41, 5.74) is -0.442. The van der Waals surface area contributed by atoms with Crippen LogP contribution < -0.4 is 0 Å². The van der Waals surface area contributed by atoms with Crippen molar-refractivity contribution in [2.75, 3.05) is 7.11 Å². The SMILES string of the molecule is COC(=O)[C@@]1(C)CC[C@@H]1C(C)O. The molecule has 1 saturated carbocycles. The Morgan fingerprint density at radius 3 is 2.58 bits per heavy atom. The van der Waals surface area contributed by atoms with Crippen molar-refractivity contribution in [2.24, 2.45) is 11.3 Å². The zero-order valence-corrected chi connectivity index (χ0v) is 7.83. The van der Waals surface area contributed by atoms with Gasteiger partial charge in [-0.1, -0.05) is 0 Å². The van der Waals surface area contributed by atoms with Crippen LogP contribution in [0.5, 0.6) is 0 Å². The molecule has 0 heterocycles. The smallest absolute Gasteiger partial charge is 0.311 e. The lowest BCUT2D eigenvalue weighted by molar-refractivity contribution is -0.168. The summed E-state index contributed by atoms with van der Waals surface area (Å²) in [5.74, 6) is -0.121. The number of ether oxygens (including phenoxy) is 1. The normalized spacial score (nSPS) is 36.8. The summed E-state index contributed by atoms with van der Waals surface area (Å²) in [5, 5.41) is 9.34. The first-order chi connectivity index (χ1) is 5.52. The number of esters is 1.